The fourth-order valence-electron chi connectivity index (χ4n) is 6.41. The van der Waals surface area contributed by atoms with Crippen LogP contribution in [-0.4, -0.2) is 49.2 Å². The van der Waals surface area contributed by atoms with Crippen LogP contribution < -0.4 is 9.47 Å². The Morgan fingerprint density at radius 1 is 0.769 bits per heavy atom. The van der Waals surface area contributed by atoms with E-state index in [9.17, 15) is 23.1 Å². The molecule has 1 aliphatic rings. The quantitative estimate of drug-likeness (QED) is 0.0318. The van der Waals surface area contributed by atoms with Gasteiger partial charge >= 0.3 is 12.1 Å². The van der Waals surface area contributed by atoms with Crippen LogP contribution in [0, 0.1) is 5.92 Å². The summed E-state index contributed by atoms with van der Waals surface area (Å²) in [5.41, 5.74) is 6.61. The van der Waals surface area contributed by atoms with Gasteiger partial charge < -0.3 is 29.2 Å². The van der Waals surface area contributed by atoms with E-state index in [2.05, 4.69) is 63.1 Å². The summed E-state index contributed by atoms with van der Waals surface area (Å²) in [5, 5.41) is 18.4. The second-order valence-electron chi connectivity index (χ2n) is 13.2. The lowest BCUT2D eigenvalue weighted by Crippen LogP contribution is -2.14. The molecule has 0 aromatic heterocycles. The Hall–Kier alpha value is -4.54. The van der Waals surface area contributed by atoms with Gasteiger partial charge in [0.25, 0.3) is 0 Å². The van der Waals surface area contributed by atoms with Crippen molar-refractivity contribution in [3.05, 3.63) is 108 Å². The minimum Gasteiger partial charge on any atom is -0.458 e. The number of carbonyl (C=O) groups is 1. The zero-order chi connectivity index (χ0) is 37.7. The Morgan fingerprint density at radius 3 is 1.98 bits per heavy atom. The molecule has 0 heterocycles. The first-order chi connectivity index (χ1) is 24.9. The van der Waals surface area contributed by atoms with Gasteiger partial charge in [-0.25, -0.2) is 4.79 Å². The number of ether oxygens (including phenoxy) is 4. The summed E-state index contributed by atoms with van der Waals surface area (Å²) in [7, 11) is 0. The van der Waals surface area contributed by atoms with Gasteiger partial charge in [0, 0.05) is 18.1 Å². The molecule has 0 bridgehead atoms. The summed E-state index contributed by atoms with van der Waals surface area (Å²) in [6.07, 6.45) is 2.03. The van der Waals surface area contributed by atoms with Crippen LogP contribution in [0.3, 0.4) is 0 Å². The predicted molar refractivity (Wildman–Crippen MR) is 196 cm³/mol. The van der Waals surface area contributed by atoms with E-state index >= 15 is 0 Å². The smallest absolute Gasteiger partial charge is 0.389 e. The first-order valence-electron chi connectivity index (χ1n) is 17.7. The lowest BCUT2D eigenvalue weighted by atomic mass is 9.77. The number of halogens is 3. The largest absolute Gasteiger partial charge is 0.458 e. The molecule has 0 saturated heterocycles. The van der Waals surface area contributed by atoms with E-state index in [0.717, 1.165) is 66.3 Å². The topological polar surface area (TPSA) is 94.5 Å². The molecule has 2 N–H and O–H groups in total. The maximum absolute atomic E-state index is 12.5. The molecule has 0 amide bonds. The molecule has 52 heavy (non-hydrogen) atoms. The van der Waals surface area contributed by atoms with Gasteiger partial charge in [-0.05, 0) is 95.9 Å². The van der Waals surface area contributed by atoms with Gasteiger partial charge in [-0.2, -0.15) is 13.2 Å². The van der Waals surface area contributed by atoms with Crippen molar-refractivity contribution in [2.24, 2.45) is 5.92 Å². The number of alkyl halides is 3. The minimum atomic E-state index is -4.06. The molecule has 1 saturated carbocycles. The fraction of sp³-hybridized carbons (Fsp3) is 0.405. The molecule has 7 nitrogen and oxygen atoms in total. The molecular formula is C42H49F3O7. The van der Waals surface area contributed by atoms with Crippen molar-refractivity contribution in [2.45, 2.75) is 76.8 Å². The molecule has 0 spiro atoms. The summed E-state index contributed by atoms with van der Waals surface area (Å²) >= 11 is 0. The maximum Gasteiger partial charge on any atom is 0.389 e. The molecule has 0 radical (unpaired) electrons. The maximum atomic E-state index is 12.5. The molecule has 1 aliphatic carbocycles. The zero-order valence-corrected chi connectivity index (χ0v) is 29.8. The molecule has 0 atom stereocenters. The number of esters is 1. The fourth-order valence-corrected chi connectivity index (χ4v) is 6.41. The number of aliphatic hydroxyl groups is 2. The molecule has 1 fully saturated rings. The third-order valence-corrected chi connectivity index (χ3v) is 9.50. The standard InChI is InChI=1S/C42H49F3O7/c1-5-32-20-36(37-21-38(50-26-49-30(4)28(2)24-46)23-39(22-37)51-27-52-41(48)29(3)25-47)17-18-40(32)35-15-13-34(14-16-35)33-11-9-31(10-12-33)8-6-7-19-42(43,44)45/h13-18,20-23,31,33,46-47H,2-12,19,24-27H2,1H3. The minimum absolute atomic E-state index is 0.0914. The van der Waals surface area contributed by atoms with Gasteiger partial charge in [-0.15, -0.1) is 0 Å². The van der Waals surface area contributed by atoms with Crippen LogP contribution in [0.15, 0.2) is 97.3 Å². The number of aryl methyl sites for hydroxylation is 1. The van der Waals surface area contributed by atoms with Gasteiger partial charge in [0.2, 0.25) is 13.6 Å². The van der Waals surface area contributed by atoms with E-state index in [4.69, 9.17) is 24.1 Å². The summed E-state index contributed by atoms with van der Waals surface area (Å²) in [5.74, 6) is 1.19. The average molecular weight is 723 g/mol. The van der Waals surface area contributed by atoms with E-state index in [-0.39, 0.29) is 31.2 Å². The summed E-state index contributed by atoms with van der Waals surface area (Å²) in [6.45, 7) is 11.5. The van der Waals surface area contributed by atoms with Crippen molar-refractivity contribution in [1.29, 1.82) is 0 Å². The number of benzene rings is 3. The highest BCUT2D eigenvalue weighted by molar-refractivity contribution is 5.87. The molecule has 4 rings (SSSR count). The van der Waals surface area contributed by atoms with Gasteiger partial charge in [0.1, 0.15) is 17.3 Å². The van der Waals surface area contributed by atoms with Crippen molar-refractivity contribution in [3.8, 4) is 33.8 Å². The molecule has 280 valence electrons. The lowest BCUT2D eigenvalue weighted by molar-refractivity contribution is -0.145. The van der Waals surface area contributed by atoms with Gasteiger partial charge in [-0.3, -0.25) is 0 Å². The van der Waals surface area contributed by atoms with Crippen LogP contribution in [-0.2, 0) is 20.7 Å². The second kappa shape index (κ2) is 19.3. The number of unbranched alkanes of at least 4 members (excludes halogenated alkanes) is 1. The average Bonchev–Trinajstić information content (AvgIpc) is 3.15. The highest BCUT2D eigenvalue weighted by Crippen LogP contribution is 2.39. The van der Waals surface area contributed by atoms with Crippen LogP contribution in [0.4, 0.5) is 13.2 Å². The highest BCUT2D eigenvalue weighted by Gasteiger charge is 2.27. The Balaban J connectivity index is 1.45. The first kappa shape index (κ1) is 40.2. The summed E-state index contributed by atoms with van der Waals surface area (Å²) < 4.78 is 59.5. The lowest BCUT2D eigenvalue weighted by Gasteiger charge is -2.29. The van der Waals surface area contributed by atoms with Gasteiger partial charge in [-0.1, -0.05) is 82.0 Å². The van der Waals surface area contributed by atoms with Crippen molar-refractivity contribution in [3.63, 3.8) is 0 Å². The first-order valence-corrected chi connectivity index (χ1v) is 17.7. The second-order valence-corrected chi connectivity index (χ2v) is 13.2. The van der Waals surface area contributed by atoms with E-state index in [0.29, 0.717) is 35.3 Å². The number of hydrogen-bond donors (Lipinski definition) is 2. The molecular weight excluding hydrogens is 673 g/mol. The molecule has 10 heteroatoms. The monoisotopic (exact) mass is 722 g/mol. The molecule has 3 aromatic carbocycles. The van der Waals surface area contributed by atoms with Crippen LogP contribution >= 0.6 is 0 Å². The Morgan fingerprint density at radius 2 is 1.38 bits per heavy atom. The third-order valence-electron chi connectivity index (χ3n) is 9.50. The number of rotatable bonds is 19. The van der Waals surface area contributed by atoms with Crippen LogP contribution in [0.1, 0.15) is 75.3 Å². The Kier molecular flexibility index (Phi) is 15.0. The normalized spacial score (nSPS) is 15.8. The van der Waals surface area contributed by atoms with E-state index in [1.165, 1.54) is 5.56 Å². The van der Waals surface area contributed by atoms with E-state index in [1.54, 1.807) is 12.1 Å². The number of hydrogen-bond acceptors (Lipinski definition) is 7. The van der Waals surface area contributed by atoms with Crippen LogP contribution in [0.5, 0.6) is 11.5 Å². The highest BCUT2D eigenvalue weighted by atomic mass is 19.4. The number of carbonyl (C=O) groups excluding carboxylic acids is 1. The Bertz CT molecular complexity index is 1620. The van der Waals surface area contributed by atoms with Gasteiger partial charge in [0.05, 0.1) is 18.8 Å². The third kappa shape index (κ3) is 12.0. The van der Waals surface area contributed by atoms with E-state index < -0.39 is 32.0 Å². The summed E-state index contributed by atoms with van der Waals surface area (Å²) in [4.78, 5) is 11.9. The number of aliphatic hydroxyl groups excluding tert-OH is 2. The van der Waals surface area contributed by atoms with Crippen LogP contribution in [0.2, 0.25) is 0 Å². The molecule has 0 aliphatic heterocycles. The van der Waals surface area contributed by atoms with Gasteiger partial charge in [0.15, 0.2) is 0 Å². The molecule has 3 aromatic rings. The van der Waals surface area contributed by atoms with Crippen molar-refractivity contribution in [1.82, 2.24) is 0 Å². The van der Waals surface area contributed by atoms with Crippen molar-refractivity contribution >= 4 is 5.97 Å². The molecule has 0 unspecified atom stereocenters. The van der Waals surface area contributed by atoms with Crippen molar-refractivity contribution < 1.29 is 47.1 Å². The van der Waals surface area contributed by atoms with Crippen molar-refractivity contribution in [2.75, 3.05) is 26.8 Å². The van der Waals surface area contributed by atoms with Crippen LogP contribution in [0.25, 0.3) is 22.3 Å². The zero-order valence-electron chi connectivity index (χ0n) is 29.8. The SMILES string of the molecule is C=C(CO)C(=C)OCOc1cc(OCOC(=O)C(=C)CO)cc(-c2ccc(-c3ccc(C4CCC(CCCCC(F)(F)F)CC4)cc3)c(CC)c2)c1. The van der Waals surface area contributed by atoms with E-state index in [1.807, 2.05) is 12.1 Å². The summed E-state index contributed by atoms with van der Waals surface area (Å²) in [6, 6.07) is 20.2. The Labute approximate surface area is 304 Å². The predicted octanol–water partition coefficient (Wildman–Crippen LogP) is 9.82.